The van der Waals surface area contributed by atoms with Gasteiger partial charge in [0, 0.05) is 24.2 Å². The average Bonchev–Trinajstić information content (AvgIpc) is 3.10. The van der Waals surface area contributed by atoms with Crippen LogP contribution in [0.25, 0.3) is 11.2 Å². The predicted octanol–water partition coefficient (Wildman–Crippen LogP) is 2.48. The van der Waals surface area contributed by atoms with Gasteiger partial charge in [0.1, 0.15) is 5.52 Å². The van der Waals surface area contributed by atoms with Crippen LogP contribution in [0.15, 0.2) is 40.6 Å². The fraction of sp³-hybridized carbons (Fsp3) is 0.333. The number of pyridine rings is 1. The van der Waals surface area contributed by atoms with Crippen LogP contribution in [0.3, 0.4) is 0 Å². The Kier molecular flexibility index (Phi) is 5.23. The van der Waals surface area contributed by atoms with Crippen molar-refractivity contribution in [1.82, 2.24) is 19.9 Å². The van der Waals surface area contributed by atoms with Gasteiger partial charge in [-0.05, 0) is 35.9 Å². The van der Waals surface area contributed by atoms with E-state index in [0.717, 1.165) is 6.42 Å². The van der Waals surface area contributed by atoms with E-state index in [9.17, 15) is 9.59 Å². The molecule has 0 bridgehead atoms. The Morgan fingerprint density at radius 1 is 1.32 bits per heavy atom. The van der Waals surface area contributed by atoms with E-state index in [4.69, 9.17) is 0 Å². The number of rotatable bonds is 6. The standard InChI is InChI=1S/C18H20N4O2S/c1-12(2)11-22-16-14(6-3-8-19-16)21-15(18(22)24)17(23)20-9-7-13-5-4-10-25-13/h3-6,8,10,12H,7,9,11H2,1-2H3,(H,20,23). The molecule has 7 heteroatoms. The largest absolute Gasteiger partial charge is 0.350 e. The molecule has 0 aliphatic heterocycles. The second kappa shape index (κ2) is 7.57. The van der Waals surface area contributed by atoms with Crippen molar-refractivity contribution in [3.8, 4) is 0 Å². The highest BCUT2D eigenvalue weighted by atomic mass is 32.1. The minimum atomic E-state index is -0.440. The average molecular weight is 356 g/mol. The lowest BCUT2D eigenvalue weighted by Crippen LogP contribution is -2.36. The molecule has 0 aliphatic carbocycles. The van der Waals surface area contributed by atoms with Gasteiger partial charge >= 0.3 is 0 Å². The van der Waals surface area contributed by atoms with Gasteiger partial charge in [0.25, 0.3) is 11.5 Å². The first-order valence-corrected chi connectivity index (χ1v) is 9.10. The molecule has 130 valence electrons. The lowest BCUT2D eigenvalue weighted by atomic mass is 10.2. The third kappa shape index (κ3) is 3.93. The lowest BCUT2D eigenvalue weighted by molar-refractivity contribution is 0.0947. The highest BCUT2D eigenvalue weighted by Gasteiger charge is 2.18. The molecular weight excluding hydrogens is 336 g/mol. The maximum Gasteiger partial charge on any atom is 0.283 e. The molecule has 0 fully saturated rings. The van der Waals surface area contributed by atoms with Gasteiger partial charge < -0.3 is 5.32 Å². The zero-order valence-corrected chi connectivity index (χ0v) is 15.0. The number of amides is 1. The van der Waals surface area contributed by atoms with Crippen LogP contribution < -0.4 is 10.9 Å². The molecule has 1 amide bonds. The van der Waals surface area contributed by atoms with Crippen LogP contribution in [0, 0.1) is 5.92 Å². The smallest absolute Gasteiger partial charge is 0.283 e. The summed E-state index contributed by atoms with van der Waals surface area (Å²) >= 11 is 1.64. The Bertz CT molecular complexity index is 932. The SMILES string of the molecule is CC(C)Cn1c(=O)c(C(=O)NCCc2cccs2)nc2cccnc21. The van der Waals surface area contributed by atoms with Crippen molar-refractivity contribution >= 4 is 28.4 Å². The van der Waals surface area contributed by atoms with Crippen molar-refractivity contribution in [3.63, 3.8) is 0 Å². The molecule has 0 atom stereocenters. The summed E-state index contributed by atoms with van der Waals surface area (Å²) in [6.07, 6.45) is 2.36. The lowest BCUT2D eigenvalue weighted by Gasteiger charge is -2.13. The molecule has 0 aliphatic rings. The van der Waals surface area contributed by atoms with Crippen LogP contribution in [0.5, 0.6) is 0 Å². The topological polar surface area (TPSA) is 76.9 Å². The van der Waals surface area contributed by atoms with Crippen LogP contribution >= 0.6 is 11.3 Å². The van der Waals surface area contributed by atoms with Gasteiger partial charge in [0.15, 0.2) is 11.3 Å². The second-order valence-corrected chi connectivity index (χ2v) is 7.23. The summed E-state index contributed by atoms with van der Waals surface area (Å²) in [6, 6.07) is 7.51. The molecule has 0 saturated carbocycles. The van der Waals surface area contributed by atoms with Gasteiger partial charge in [0.05, 0.1) is 0 Å². The van der Waals surface area contributed by atoms with E-state index in [1.807, 2.05) is 31.4 Å². The molecule has 3 heterocycles. The van der Waals surface area contributed by atoms with Crippen molar-refractivity contribution in [1.29, 1.82) is 0 Å². The minimum Gasteiger partial charge on any atom is -0.350 e. The molecule has 0 radical (unpaired) electrons. The molecule has 0 saturated heterocycles. The summed E-state index contributed by atoms with van der Waals surface area (Å²) in [5, 5.41) is 4.79. The van der Waals surface area contributed by atoms with E-state index in [-0.39, 0.29) is 11.6 Å². The van der Waals surface area contributed by atoms with Crippen LogP contribution in [0.2, 0.25) is 0 Å². The third-order valence-electron chi connectivity index (χ3n) is 3.70. The number of carbonyl (C=O) groups is 1. The zero-order chi connectivity index (χ0) is 17.8. The highest BCUT2D eigenvalue weighted by molar-refractivity contribution is 7.09. The molecule has 0 unspecified atom stereocenters. The van der Waals surface area contributed by atoms with E-state index in [1.54, 1.807) is 34.2 Å². The van der Waals surface area contributed by atoms with Crippen molar-refractivity contribution in [3.05, 3.63) is 56.8 Å². The molecule has 25 heavy (non-hydrogen) atoms. The maximum absolute atomic E-state index is 12.8. The van der Waals surface area contributed by atoms with Gasteiger partial charge in [-0.25, -0.2) is 9.97 Å². The van der Waals surface area contributed by atoms with Crippen LogP contribution in [0.1, 0.15) is 29.2 Å². The van der Waals surface area contributed by atoms with E-state index in [1.165, 1.54) is 4.88 Å². The van der Waals surface area contributed by atoms with Gasteiger partial charge in [0.2, 0.25) is 0 Å². The number of fused-ring (bicyclic) bond motifs is 1. The summed E-state index contributed by atoms with van der Waals surface area (Å²) in [5.74, 6) is -0.190. The molecule has 0 spiro atoms. The Labute approximate surface area is 149 Å². The van der Waals surface area contributed by atoms with Crippen molar-refractivity contribution < 1.29 is 4.79 Å². The fourth-order valence-corrected chi connectivity index (χ4v) is 3.31. The molecule has 0 aromatic carbocycles. The summed E-state index contributed by atoms with van der Waals surface area (Å²) in [7, 11) is 0. The van der Waals surface area contributed by atoms with Crippen LogP contribution in [0.4, 0.5) is 0 Å². The van der Waals surface area contributed by atoms with E-state index < -0.39 is 11.5 Å². The number of hydrogen-bond donors (Lipinski definition) is 1. The summed E-state index contributed by atoms with van der Waals surface area (Å²) < 4.78 is 1.54. The fourth-order valence-electron chi connectivity index (χ4n) is 2.60. The number of carbonyl (C=O) groups excluding carboxylic acids is 1. The first-order chi connectivity index (χ1) is 12.1. The quantitative estimate of drug-likeness (QED) is 0.736. The predicted molar refractivity (Wildman–Crippen MR) is 99.0 cm³/mol. The number of thiophene rings is 1. The van der Waals surface area contributed by atoms with Crippen molar-refractivity contribution in [2.24, 2.45) is 5.92 Å². The van der Waals surface area contributed by atoms with Gasteiger partial charge in [-0.3, -0.25) is 14.2 Å². The van der Waals surface area contributed by atoms with Gasteiger partial charge in [-0.1, -0.05) is 19.9 Å². The molecule has 3 rings (SSSR count). The molecule has 3 aromatic rings. The first kappa shape index (κ1) is 17.3. The summed E-state index contributed by atoms with van der Waals surface area (Å²) in [6.45, 7) is 4.99. The van der Waals surface area contributed by atoms with Gasteiger partial charge in [-0.15, -0.1) is 11.3 Å². The number of hydrogen-bond acceptors (Lipinski definition) is 5. The Morgan fingerprint density at radius 2 is 2.16 bits per heavy atom. The Morgan fingerprint density at radius 3 is 2.88 bits per heavy atom. The van der Waals surface area contributed by atoms with Crippen molar-refractivity contribution in [2.75, 3.05) is 6.54 Å². The Balaban J connectivity index is 1.88. The monoisotopic (exact) mass is 356 g/mol. The van der Waals surface area contributed by atoms with Gasteiger partial charge in [-0.2, -0.15) is 0 Å². The molecule has 1 N–H and O–H groups in total. The Hall–Kier alpha value is -2.54. The first-order valence-electron chi connectivity index (χ1n) is 8.22. The second-order valence-electron chi connectivity index (χ2n) is 6.20. The third-order valence-corrected chi connectivity index (χ3v) is 4.64. The van der Waals surface area contributed by atoms with Crippen LogP contribution in [-0.4, -0.2) is 27.0 Å². The van der Waals surface area contributed by atoms with Crippen LogP contribution in [-0.2, 0) is 13.0 Å². The number of nitrogens with zero attached hydrogens (tertiary/aromatic N) is 3. The minimum absolute atomic E-state index is 0.0765. The van der Waals surface area contributed by atoms with E-state index in [0.29, 0.717) is 24.3 Å². The number of aromatic nitrogens is 3. The molecular formula is C18H20N4O2S. The maximum atomic E-state index is 12.8. The zero-order valence-electron chi connectivity index (χ0n) is 14.2. The summed E-state index contributed by atoms with van der Waals surface area (Å²) in [4.78, 5) is 34.9. The normalized spacial score (nSPS) is 11.2. The van der Waals surface area contributed by atoms with Crippen molar-refractivity contribution in [2.45, 2.75) is 26.8 Å². The van der Waals surface area contributed by atoms with E-state index in [2.05, 4.69) is 15.3 Å². The molecule has 3 aromatic heterocycles. The summed E-state index contributed by atoms with van der Waals surface area (Å²) in [5.41, 5.74) is 0.586. The highest BCUT2D eigenvalue weighted by Crippen LogP contribution is 2.10. The number of nitrogens with one attached hydrogen (secondary N) is 1. The van der Waals surface area contributed by atoms with E-state index >= 15 is 0 Å². The molecule has 6 nitrogen and oxygen atoms in total.